The van der Waals surface area contributed by atoms with Gasteiger partial charge in [-0.05, 0) is 54.6 Å². The molecule has 5 rings (SSSR count). The lowest BCUT2D eigenvalue weighted by molar-refractivity contribution is -0.140. The number of phenolic OH excluding ortho intramolecular Hbond substituents is 1. The van der Waals surface area contributed by atoms with E-state index in [0.717, 1.165) is 10.4 Å². The number of aromatic nitrogens is 1. The summed E-state index contributed by atoms with van der Waals surface area (Å²) in [4.78, 5) is 33.0. The second kappa shape index (κ2) is 10.6. The number of fused-ring (bicyclic) bond motifs is 1. The molecule has 0 saturated heterocycles. The van der Waals surface area contributed by atoms with Gasteiger partial charge in [0.05, 0.1) is 22.4 Å². The average Bonchev–Trinajstić information content (AvgIpc) is 3.53. The van der Waals surface area contributed by atoms with E-state index in [0.29, 0.717) is 38.5 Å². The highest BCUT2D eigenvalue weighted by molar-refractivity contribution is 7.10. The molecule has 2 aromatic carbocycles. The molecule has 0 aliphatic carbocycles. The molecule has 0 radical (unpaired) electrons. The zero-order valence-electron chi connectivity index (χ0n) is 20.2. The molecule has 0 amide bonds. The molecule has 1 aliphatic heterocycles. The van der Waals surface area contributed by atoms with Gasteiger partial charge in [-0.1, -0.05) is 53.8 Å². The largest absolute Gasteiger partial charge is 0.504 e. The monoisotopic (exact) mass is 532 g/mol. The fourth-order valence-corrected chi connectivity index (χ4v) is 6.01. The highest BCUT2D eigenvalue weighted by Crippen LogP contribution is 2.33. The standard InChI is InChI=1S/C28H24N2O5S2/c1-3-34-21-14-19(11-12-20(21)31)15-23-26(32)30-25(22-10-7-13-36-22)24(17(2)29-28(30)37-23)27(33)35-16-18-8-5-4-6-9-18/h4-15,25,31H,3,16H2,1-2H3. The summed E-state index contributed by atoms with van der Waals surface area (Å²) < 4.78 is 13.2. The number of phenols is 1. The van der Waals surface area contributed by atoms with Crippen LogP contribution in [-0.4, -0.2) is 22.2 Å². The number of carbonyl (C=O) groups excluding carboxylic acids is 1. The summed E-state index contributed by atoms with van der Waals surface area (Å²) in [7, 11) is 0. The van der Waals surface area contributed by atoms with Gasteiger partial charge in [0, 0.05) is 4.88 Å². The van der Waals surface area contributed by atoms with Gasteiger partial charge in [-0.15, -0.1) is 11.3 Å². The van der Waals surface area contributed by atoms with Crippen LogP contribution >= 0.6 is 22.7 Å². The number of esters is 1. The van der Waals surface area contributed by atoms with Crippen molar-refractivity contribution in [1.82, 2.24) is 4.57 Å². The molecule has 0 spiro atoms. The first kappa shape index (κ1) is 24.7. The maximum Gasteiger partial charge on any atom is 0.338 e. The summed E-state index contributed by atoms with van der Waals surface area (Å²) in [6.07, 6.45) is 1.74. The predicted octanol–water partition coefficient (Wildman–Crippen LogP) is 4.14. The van der Waals surface area contributed by atoms with Crippen molar-refractivity contribution >= 4 is 34.7 Å². The topological polar surface area (TPSA) is 90.1 Å². The Morgan fingerprint density at radius 1 is 1.16 bits per heavy atom. The van der Waals surface area contributed by atoms with Crippen molar-refractivity contribution in [2.45, 2.75) is 26.5 Å². The Morgan fingerprint density at radius 2 is 1.97 bits per heavy atom. The Balaban J connectivity index is 1.57. The number of rotatable bonds is 7. The second-order valence-corrected chi connectivity index (χ2v) is 10.3. The Kier molecular flexibility index (Phi) is 7.07. The number of ether oxygens (including phenoxy) is 2. The Morgan fingerprint density at radius 3 is 2.70 bits per heavy atom. The van der Waals surface area contributed by atoms with E-state index in [4.69, 9.17) is 9.47 Å². The Labute approximate surface area is 220 Å². The SMILES string of the molecule is CCOc1cc(C=c2sc3n(c2=O)C(c2cccs2)C(C(=O)OCc2ccccc2)=C(C)N=3)ccc1O. The van der Waals surface area contributed by atoms with Gasteiger partial charge in [-0.2, -0.15) is 0 Å². The number of allylic oxidation sites excluding steroid dienone is 1. The van der Waals surface area contributed by atoms with Gasteiger partial charge in [-0.25, -0.2) is 9.79 Å². The molecule has 188 valence electrons. The van der Waals surface area contributed by atoms with Crippen LogP contribution in [0.25, 0.3) is 6.08 Å². The molecule has 3 heterocycles. The molecule has 9 heteroatoms. The van der Waals surface area contributed by atoms with Crippen molar-refractivity contribution in [3.8, 4) is 11.5 Å². The van der Waals surface area contributed by atoms with Crippen molar-refractivity contribution in [1.29, 1.82) is 0 Å². The zero-order valence-corrected chi connectivity index (χ0v) is 21.8. The number of hydrogen-bond donors (Lipinski definition) is 1. The molecular weight excluding hydrogens is 508 g/mol. The third-order valence-electron chi connectivity index (χ3n) is 5.85. The molecule has 0 fully saturated rings. The van der Waals surface area contributed by atoms with Crippen LogP contribution < -0.4 is 19.6 Å². The van der Waals surface area contributed by atoms with Gasteiger partial charge < -0.3 is 14.6 Å². The molecule has 0 bridgehead atoms. The lowest BCUT2D eigenvalue weighted by Crippen LogP contribution is -2.39. The van der Waals surface area contributed by atoms with Crippen molar-refractivity contribution in [2.24, 2.45) is 4.99 Å². The van der Waals surface area contributed by atoms with E-state index in [1.165, 1.54) is 28.7 Å². The number of thiophene rings is 1. The molecule has 1 atom stereocenters. The van der Waals surface area contributed by atoms with Gasteiger partial charge in [0.25, 0.3) is 5.56 Å². The van der Waals surface area contributed by atoms with Crippen LogP contribution in [0.15, 0.2) is 87.1 Å². The van der Waals surface area contributed by atoms with Gasteiger partial charge in [0.15, 0.2) is 16.3 Å². The second-order valence-electron chi connectivity index (χ2n) is 8.32. The van der Waals surface area contributed by atoms with Gasteiger partial charge in [0.2, 0.25) is 0 Å². The summed E-state index contributed by atoms with van der Waals surface area (Å²) in [5.74, 6) is -0.120. The van der Waals surface area contributed by atoms with E-state index >= 15 is 0 Å². The maximum absolute atomic E-state index is 13.7. The number of thiazole rings is 1. The van der Waals surface area contributed by atoms with E-state index in [1.54, 1.807) is 29.7 Å². The van der Waals surface area contributed by atoms with E-state index in [1.807, 2.05) is 54.8 Å². The van der Waals surface area contributed by atoms with Gasteiger partial charge in [-0.3, -0.25) is 9.36 Å². The quantitative estimate of drug-likeness (QED) is 0.361. The van der Waals surface area contributed by atoms with Crippen LogP contribution in [0, 0.1) is 0 Å². The van der Waals surface area contributed by atoms with E-state index in [2.05, 4.69) is 4.99 Å². The van der Waals surface area contributed by atoms with Gasteiger partial charge >= 0.3 is 5.97 Å². The summed E-state index contributed by atoms with van der Waals surface area (Å²) in [5, 5.41) is 11.9. The number of hydrogen-bond acceptors (Lipinski definition) is 8. The van der Waals surface area contributed by atoms with Crippen LogP contribution in [0.2, 0.25) is 0 Å². The van der Waals surface area contributed by atoms with Crippen LogP contribution in [0.4, 0.5) is 0 Å². The lowest BCUT2D eigenvalue weighted by Gasteiger charge is -2.23. The third-order valence-corrected chi connectivity index (χ3v) is 7.76. The summed E-state index contributed by atoms with van der Waals surface area (Å²) in [6.45, 7) is 4.13. The molecule has 1 aliphatic rings. The van der Waals surface area contributed by atoms with Crippen LogP contribution in [0.3, 0.4) is 0 Å². The van der Waals surface area contributed by atoms with E-state index in [9.17, 15) is 14.7 Å². The highest BCUT2D eigenvalue weighted by atomic mass is 32.1. The molecule has 7 nitrogen and oxygen atoms in total. The molecule has 37 heavy (non-hydrogen) atoms. The van der Waals surface area contributed by atoms with E-state index < -0.39 is 12.0 Å². The average molecular weight is 533 g/mol. The first-order chi connectivity index (χ1) is 18.0. The molecule has 1 unspecified atom stereocenters. The number of carbonyl (C=O) groups is 1. The number of nitrogens with zero attached hydrogens (tertiary/aromatic N) is 2. The van der Waals surface area contributed by atoms with Gasteiger partial charge in [0.1, 0.15) is 12.6 Å². The molecule has 1 N–H and O–H groups in total. The third kappa shape index (κ3) is 5.00. The number of benzene rings is 2. The smallest absolute Gasteiger partial charge is 0.338 e. The Bertz CT molecular complexity index is 1650. The fourth-order valence-electron chi connectivity index (χ4n) is 4.14. The Hall–Kier alpha value is -3.95. The molecular formula is C28H24N2O5S2. The molecule has 0 saturated carbocycles. The maximum atomic E-state index is 13.7. The van der Waals surface area contributed by atoms with Crippen molar-refractivity contribution in [3.63, 3.8) is 0 Å². The minimum atomic E-state index is -0.638. The van der Waals surface area contributed by atoms with Crippen molar-refractivity contribution in [2.75, 3.05) is 6.61 Å². The lowest BCUT2D eigenvalue weighted by atomic mass is 10.0. The normalized spacial score (nSPS) is 15.3. The zero-order chi connectivity index (χ0) is 25.9. The van der Waals surface area contributed by atoms with Crippen LogP contribution in [0.5, 0.6) is 11.5 Å². The minimum absolute atomic E-state index is 0.0347. The van der Waals surface area contributed by atoms with Crippen LogP contribution in [0.1, 0.15) is 35.9 Å². The summed E-state index contributed by atoms with van der Waals surface area (Å²) in [5.41, 5.74) is 2.19. The minimum Gasteiger partial charge on any atom is -0.504 e. The highest BCUT2D eigenvalue weighted by Gasteiger charge is 2.34. The van der Waals surface area contributed by atoms with Crippen molar-refractivity contribution in [3.05, 3.63) is 113 Å². The van der Waals surface area contributed by atoms with E-state index in [-0.39, 0.29) is 17.9 Å². The summed E-state index contributed by atoms with van der Waals surface area (Å²) in [6, 6.07) is 17.6. The molecule has 2 aromatic heterocycles. The van der Waals surface area contributed by atoms with Crippen molar-refractivity contribution < 1.29 is 19.4 Å². The first-order valence-corrected chi connectivity index (χ1v) is 13.4. The van der Waals surface area contributed by atoms with Crippen LogP contribution in [-0.2, 0) is 16.1 Å². The summed E-state index contributed by atoms with van der Waals surface area (Å²) >= 11 is 2.72. The predicted molar refractivity (Wildman–Crippen MR) is 144 cm³/mol. The fraction of sp³-hybridized carbons (Fsp3) is 0.179. The number of aromatic hydroxyl groups is 1. The molecule has 4 aromatic rings. The first-order valence-electron chi connectivity index (χ1n) is 11.7.